The van der Waals surface area contributed by atoms with Crippen molar-refractivity contribution in [3.8, 4) is 0 Å². The van der Waals surface area contributed by atoms with Crippen molar-refractivity contribution >= 4 is 11.9 Å². The molecular weight excluding hydrogens is 765 g/mol. The number of esters is 2. The molecule has 0 saturated carbocycles. The highest BCUT2D eigenvalue weighted by atomic mass is 16.6. The Morgan fingerprint density at radius 3 is 1.16 bits per heavy atom. The first-order valence-electron chi connectivity index (χ1n) is 27.2. The molecule has 0 aromatic heterocycles. The van der Waals surface area contributed by atoms with Gasteiger partial charge < -0.3 is 14.2 Å². The van der Waals surface area contributed by atoms with Gasteiger partial charge in [-0.3, -0.25) is 9.59 Å². The Labute approximate surface area is 386 Å². The zero-order valence-corrected chi connectivity index (χ0v) is 41.6. The Kier molecular flexibility index (Phi) is 51.4. The predicted molar refractivity (Wildman–Crippen MR) is 270 cm³/mol. The number of unbranched alkanes of at least 4 members (excludes halogenated alkanes) is 31. The largest absolute Gasteiger partial charge is 0.462 e. The lowest BCUT2D eigenvalue weighted by Crippen LogP contribution is -2.30. The number of allylic oxidation sites excluding steroid dienone is 8. The van der Waals surface area contributed by atoms with Crippen LogP contribution in [0.1, 0.15) is 278 Å². The van der Waals surface area contributed by atoms with E-state index in [1.54, 1.807) is 0 Å². The van der Waals surface area contributed by atoms with Crippen LogP contribution in [0.3, 0.4) is 0 Å². The SMILES string of the molecule is CC/C=C\C/C=C\C/C=C\C/C=C\CCCCC(=O)OCC(COCCCCCCCCCCCCCCCCCCCCCC)OC(=O)CCCCCCCCCCCCC. The average molecular weight is 869 g/mol. The molecule has 362 valence electrons. The topological polar surface area (TPSA) is 61.8 Å². The molecule has 0 saturated heterocycles. The minimum atomic E-state index is -0.548. The molecule has 0 aliphatic heterocycles. The van der Waals surface area contributed by atoms with E-state index in [1.165, 1.54) is 173 Å². The highest BCUT2D eigenvalue weighted by Crippen LogP contribution is 2.16. The van der Waals surface area contributed by atoms with E-state index >= 15 is 0 Å². The Hall–Kier alpha value is -2.14. The van der Waals surface area contributed by atoms with Crippen molar-refractivity contribution in [2.24, 2.45) is 0 Å². The quantitative estimate of drug-likeness (QED) is 0.0346. The zero-order chi connectivity index (χ0) is 44.9. The molecule has 0 spiro atoms. The lowest BCUT2D eigenvalue weighted by Gasteiger charge is -2.18. The molecule has 0 radical (unpaired) electrons. The summed E-state index contributed by atoms with van der Waals surface area (Å²) in [4.78, 5) is 25.4. The second kappa shape index (κ2) is 53.2. The molecule has 0 bridgehead atoms. The van der Waals surface area contributed by atoms with Gasteiger partial charge in [0.1, 0.15) is 6.61 Å². The lowest BCUT2D eigenvalue weighted by molar-refractivity contribution is -0.163. The lowest BCUT2D eigenvalue weighted by atomic mass is 10.0. The van der Waals surface area contributed by atoms with Crippen molar-refractivity contribution in [2.45, 2.75) is 284 Å². The predicted octanol–water partition coefficient (Wildman–Crippen LogP) is 18.3. The Balaban J connectivity index is 4.21. The van der Waals surface area contributed by atoms with E-state index in [-0.39, 0.29) is 25.2 Å². The smallest absolute Gasteiger partial charge is 0.306 e. The fraction of sp³-hybridized carbons (Fsp3) is 0.825. The summed E-state index contributed by atoms with van der Waals surface area (Å²) in [5, 5.41) is 0. The van der Waals surface area contributed by atoms with Crippen LogP contribution in [0.5, 0.6) is 0 Å². The molecule has 0 N–H and O–H groups in total. The average Bonchev–Trinajstić information content (AvgIpc) is 3.27. The molecule has 0 amide bonds. The molecule has 0 aromatic rings. The monoisotopic (exact) mass is 869 g/mol. The summed E-state index contributed by atoms with van der Waals surface area (Å²) in [6.45, 7) is 7.71. The molecule has 62 heavy (non-hydrogen) atoms. The minimum Gasteiger partial charge on any atom is -0.462 e. The third-order valence-corrected chi connectivity index (χ3v) is 11.9. The van der Waals surface area contributed by atoms with Crippen LogP contribution in [0.2, 0.25) is 0 Å². The summed E-state index contributed by atoms with van der Waals surface area (Å²) < 4.78 is 17.4. The molecule has 0 aliphatic rings. The molecule has 0 aliphatic carbocycles. The molecule has 0 rings (SSSR count). The van der Waals surface area contributed by atoms with Crippen LogP contribution in [0.15, 0.2) is 48.6 Å². The first-order valence-corrected chi connectivity index (χ1v) is 27.2. The van der Waals surface area contributed by atoms with E-state index in [4.69, 9.17) is 14.2 Å². The molecule has 1 unspecified atom stereocenters. The minimum absolute atomic E-state index is 0.0684. The summed E-state index contributed by atoms with van der Waals surface area (Å²) in [7, 11) is 0. The van der Waals surface area contributed by atoms with Gasteiger partial charge in [0, 0.05) is 19.4 Å². The fourth-order valence-corrected chi connectivity index (χ4v) is 7.86. The molecule has 0 aromatic carbocycles. The van der Waals surface area contributed by atoms with Gasteiger partial charge in [0.15, 0.2) is 6.10 Å². The van der Waals surface area contributed by atoms with Crippen LogP contribution in [-0.2, 0) is 23.8 Å². The van der Waals surface area contributed by atoms with Gasteiger partial charge in [-0.1, -0.05) is 256 Å². The van der Waals surface area contributed by atoms with Crippen LogP contribution in [0, 0.1) is 0 Å². The number of hydrogen-bond acceptors (Lipinski definition) is 5. The van der Waals surface area contributed by atoms with Crippen LogP contribution >= 0.6 is 0 Å². The van der Waals surface area contributed by atoms with E-state index < -0.39 is 6.10 Å². The maximum atomic E-state index is 12.8. The number of rotatable bonds is 50. The van der Waals surface area contributed by atoms with Gasteiger partial charge in [-0.15, -0.1) is 0 Å². The van der Waals surface area contributed by atoms with Gasteiger partial charge in [-0.2, -0.15) is 0 Å². The van der Waals surface area contributed by atoms with Gasteiger partial charge in [0.25, 0.3) is 0 Å². The standard InChI is InChI=1S/C57H104O5/c1-4-7-10-13-16-19-22-24-26-27-28-29-30-32-34-37-40-43-46-49-52-60-53-55(62-57(59)51-48-45-42-39-35-21-18-15-12-9-6-3)54-61-56(58)50-47-44-41-38-36-33-31-25-23-20-17-14-11-8-5-2/h8,11,17,20,25,31,36,38,55H,4-7,9-10,12-16,18-19,21-24,26-30,32-35,37,39-54H2,1-3H3/b11-8-,20-17-,31-25-,38-36-. The first kappa shape index (κ1) is 59.9. The summed E-state index contributed by atoms with van der Waals surface area (Å²) in [5.41, 5.74) is 0. The van der Waals surface area contributed by atoms with Crippen LogP contribution in [-0.4, -0.2) is 37.9 Å². The highest BCUT2D eigenvalue weighted by Gasteiger charge is 2.17. The number of ether oxygens (including phenoxy) is 3. The zero-order valence-electron chi connectivity index (χ0n) is 41.6. The van der Waals surface area contributed by atoms with E-state index in [9.17, 15) is 9.59 Å². The van der Waals surface area contributed by atoms with Crippen molar-refractivity contribution in [3.63, 3.8) is 0 Å². The van der Waals surface area contributed by atoms with E-state index in [1.807, 2.05) is 0 Å². The van der Waals surface area contributed by atoms with E-state index in [0.29, 0.717) is 19.4 Å². The Morgan fingerprint density at radius 1 is 0.371 bits per heavy atom. The Bertz CT molecular complexity index is 1030. The van der Waals surface area contributed by atoms with Crippen LogP contribution in [0.4, 0.5) is 0 Å². The van der Waals surface area contributed by atoms with E-state index in [0.717, 1.165) is 70.6 Å². The molecule has 5 nitrogen and oxygen atoms in total. The highest BCUT2D eigenvalue weighted by molar-refractivity contribution is 5.70. The van der Waals surface area contributed by atoms with Crippen molar-refractivity contribution in [3.05, 3.63) is 48.6 Å². The number of hydrogen-bond donors (Lipinski definition) is 0. The summed E-state index contributed by atoms with van der Waals surface area (Å²) in [6.07, 6.45) is 65.6. The Morgan fingerprint density at radius 2 is 0.726 bits per heavy atom. The van der Waals surface area contributed by atoms with Crippen LogP contribution < -0.4 is 0 Å². The van der Waals surface area contributed by atoms with Crippen LogP contribution in [0.25, 0.3) is 0 Å². The third kappa shape index (κ3) is 50.5. The van der Waals surface area contributed by atoms with Gasteiger partial charge in [-0.25, -0.2) is 0 Å². The van der Waals surface area contributed by atoms with Crippen molar-refractivity contribution in [1.82, 2.24) is 0 Å². The summed E-state index contributed by atoms with van der Waals surface area (Å²) >= 11 is 0. The van der Waals surface area contributed by atoms with Gasteiger partial charge in [0.2, 0.25) is 0 Å². The molecule has 0 heterocycles. The fourth-order valence-electron chi connectivity index (χ4n) is 7.86. The second-order valence-electron chi connectivity index (χ2n) is 18.1. The summed E-state index contributed by atoms with van der Waals surface area (Å²) in [6, 6.07) is 0. The van der Waals surface area contributed by atoms with Crippen molar-refractivity contribution in [2.75, 3.05) is 19.8 Å². The molecule has 1 atom stereocenters. The normalized spacial score (nSPS) is 12.5. The van der Waals surface area contributed by atoms with Crippen molar-refractivity contribution in [1.29, 1.82) is 0 Å². The first-order chi connectivity index (χ1) is 30.6. The van der Waals surface area contributed by atoms with Gasteiger partial charge >= 0.3 is 11.9 Å². The van der Waals surface area contributed by atoms with Gasteiger partial charge in [-0.05, 0) is 57.8 Å². The van der Waals surface area contributed by atoms with Crippen molar-refractivity contribution < 1.29 is 23.8 Å². The number of carbonyl (C=O) groups excluding carboxylic acids is 2. The molecule has 5 heteroatoms. The maximum Gasteiger partial charge on any atom is 0.306 e. The third-order valence-electron chi connectivity index (χ3n) is 11.9. The van der Waals surface area contributed by atoms with E-state index in [2.05, 4.69) is 69.4 Å². The number of carbonyl (C=O) groups is 2. The maximum absolute atomic E-state index is 12.8. The second-order valence-corrected chi connectivity index (χ2v) is 18.1. The molecular formula is C57H104O5. The molecule has 0 fully saturated rings. The van der Waals surface area contributed by atoms with Gasteiger partial charge in [0.05, 0.1) is 6.61 Å². The summed E-state index contributed by atoms with van der Waals surface area (Å²) in [5.74, 6) is -0.432.